The monoisotopic (exact) mass is 138 g/mol. The van der Waals surface area contributed by atoms with Gasteiger partial charge < -0.3 is 4.74 Å². The third-order valence-corrected chi connectivity index (χ3v) is 1.26. The summed E-state index contributed by atoms with van der Waals surface area (Å²) in [4.78, 5) is 10.5. The lowest BCUT2D eigenvalue weighted by molar-refractivity contribution is -0.138. The third kappa shape index (κ3) is 1.72. The molecule has 2 nitrogen and oxygen atoms in total. The second-order valence-electron chi connectivity index (χ2n) is 2.50. The van der Waals surface area contributed by atoms with Crippen molar-refractivity contribution in [3.63, 3.8) is 0 Å². The van der Waals surface area contributed by atoms with E-state index < -0.39 is 0 Å². The Bertz CT molecular complexity index is 191. The number of ether oxygens (including phenoxy) is 1. The van der Waals surface area contributed by atoms with Gasteiger partial charge in [0.15, 0.2) is 0 Å². The minimum absolute atomic E-state index is 0.0648. The molecule has 0 aromatic rings. The van der Waals surface area contributed by atoms with E-state index in [0.29, 0.717) is 0 Å². The van der Waals surface area contributed by atoms with Gasteiger partial charge in [0.05, 0.1) is 0 Å². The van der Waals surface area contributed by atoms with Gasteiger partial charge in [-0.05, 0) is 13.0 Å². The van der Waals surface area contributed by atoms with Crippen LogP contribution in [0.3, 0.4) is 0 Å². The molecule has 54 valence electrons. The van der Waals surface area contributed by atoms with Gasteiger partial charge in [-0.2, -0.15) is 0 Å². The quantitative estimate of drug-likeness (QED) is 0.426. The Morgan fingerprint density at radius 3 is 3.00 bits per heavy atom. The number of cyclic esters (lactones) is 1. The molecule has 0 radical (unpaired) electrons. The molecule has 0 aromatic heterocycles. The van der Waals surface area contributed by atoms with Crippen LogP contribution >= 0.6 is 0 Å². The van der Waals surface area contributed by atoms with Crippen LogP contribution in [0, 0.1) is 0 Å². The lowest BCUT2D eigenvalue weighted by Crippen LogP contribution is -2.07. The molecule has 0 aromatic carbocycles. The average molecular weight is 138 g/mol. The van der Waals surface area contributed by atoms with Crippen LogP contribution in [0.5, 0.6) is 0 Å². The summed E-state index contributed by atoms with van der Waals surface area (Å²) < 4.78 is 4.86. The summed E-state index contributed by atoms with van der Waals surface area (Å²) in [6, 6.07) is 0. The smallest absolute Gasteiger partial charge is 0.331 e. The third-order valence-electron chi connectivity index (χ3n) is 1.26. The number of esters is 1. The van der Waals surface area contributed by atoms with Gasteiger partial charge in [0.25, 0.3) is 0 Å². The highest BCUT2D eigenvalue weighted by molar-refractivity contribution is 5.84. The Kier molecular flexibility index (Phi) is 1.90. The van der Waals surface area contributed by atoms with E-state index >= 15 is 0 Å². The summed E-state index contributed by atoms with van der Waals surface area (Å²) in [5.41, 5.74) is 1.03. The Balaban J connectivity index is 2.40. The largest absolute Gasteiger partial charge is 0.455 e. The summed E-state index contributed by atoms with van der Waals surface area (Å²) in [5, 5.41) is 0. The molecule has 0 bridgehead atoms. The van der Waals surface area contributed by atoms with Crippen LogP contribution in [-0.4, -0.2) is 12.1 Å². The van der Waals surface area contributed by atoms with Crippen LogP contribution in [-0.2, 0) is 9.53 Å². The normalized spacial score (nSPS) is 22.9. The molecule has 2 heteroatoms. The first-order valence-corrected chi connectivity index (χ1v) is 3.21. The Labute approximate surface area is 60.2 Å². The highest BCUT2D eigenvalue weighted by Crippen LogP contribution is 2.12. The van der Waals surface area contributed by atoms with Crippen molar-refractivity contribution in [3.05, 3.63) is 24.3 Å². The SMILES string of the molecule is C=C(C)CC1C=CC(=O)O1. The second kappa shape index (κ2) is 2.69. The Morgan fingerprint density at radius 2 is 2.60 bits per heavy atom. The average Bonchev–Trinajstić information content (AvgIpc) is 2.13. The number of carbonyl (C=O) groups excluding carboxylic acids is 1. The molecule has 1 heterocycles. The second-order valence-corrected chi connectivity index (χ2v) is 2.50. The summed E-state index contributed by atoms with van der Waals surface area (Å²) >= 11 is 0. The van der Waals surface area contributed by atoms with Gasteiger partial charge in [-0.3, -0.25) is 0 Å². The molecule has 0 fully saturated rings. The molecule has 1 atom stereocenters. The minimum atomic E-state index is -0.244. The first-order chi connectivity index (χ1) is 4.68. The highest BCUT2D eigenvalue weighted by atomic mass is 16.5. The van der Waals surface area contributed by atoms with E-state index in [-0.39, 0.29) is 12.1 Å². The molecular weight excluding hydrogens is 128 g/mol. The fourth-order valence-electron chi connectivity index (χ4n) is 0.867. The van der Waals surface area contributed by atoms with Crippen molar-refractivity contribution in [2.24, 2.45) is 0 Å². The number of carbonyl (C=O) groups is 1. The van der Waals surface area contributed by atoms with Crippen LogP contribution in [0.1, 0.15) is 13.3 Å². The summed E-state index contributed by atoms with van der Waals surface area (Å²) in [6.07, 6.45) is 3.89. The Hall–Kier alpha value is -1.05. The van der Waals surface area contributed by atoms with Crippen LogP contribution in [0.25, 0.3) is 0 Å². The fraction of sp³-hybridized carbons (Fsp3) is 0.375. The van der Waals surface area contributed by atoms with Crippen LogP contribution in [0.4, 0.5) is 0 Å². The van der Waals surface area contributed by atoms with Crippen molar-refractivity contribution in [2.75, 3.05) is 0 Å². The maximum atomic E-state index is 10.5. The first kappa shape index (κ1) is 7.06. The van der Waals surface area contributed by atoms with E-state index in [0.717, 1.165) is 12.0 Å². The van der Waals surface area contributed by atoms with Gasteiger partial charge in [0.1, 0.15) is 6.10 Å². The van der Waals surface area contributed by atoms with Gasteiger partial charge in [0, 0.05) is 12.5 Å². The lowest BCUT2D eigenvalue weighted by Gasteiger charge is -2.06. The first-order valence-electron chi connectivity index (χ1n) is 3.21. The molecule has 0 saturated carbocycles. The molecule has 10 heavy (non-hydrogen) atoms. The molecule has 0 spiro atoms. The summed E-state index contributed by atoms with van der Waals surface area (Å²) in [6.45, 7) is 5.64. The number of rotatable bonds is 2. The molecule has 1 rings (SSSR count). The molecular formula is C8H10O2. The van der Waals surface area contributed by atoms with E-state index in [2.05, 4.69) is 6.58 Å². The number of hydrogen-bond acceptors (Lipinski definition) is 2. The van der Waals surface area contributed by atoms with E-state index in [1.807, 2.05) is 6.92 Å². The van der Waals surface area contributed by atoms with Gasteiger partial charge in [-0.1, -0.05) is 12.2 Å². The van der Waals surface area contributed by atoms with Crippen molar-refractivity contribution in [3.8, 4) is 0 Å². The van der Waals surface area contributed by atoms with E-state index in [1.54, 1.807) is 6.08 Å². The molecule has 1 aliphatic rings. The van der Waals surface area contributed by atoms with Crippen molar-refractivity contribution < 1.29 is 9.53 Å². The maximum Gasteiger partial charge on any atom is 0.331 e. The minimum Gasteiger partial charge on any atom is -0.455 e. The lowest BCUT2D eigenvalue weighted by atomic mass is 10.1. The molecule has 1 unspecified atom stereocenters. The summed E-state index contributed by atoms with van der Waals surface area (Å²) in [5.74, 6) is -0.244. The van der Waals surface area contributed by atoms with Crippen molar-refractivity contribution in [2.45, 2.75) is 19.4 Å². The van der Waals surface area contributed by atoms with Crippen molar-refractivity contribution >= 4 is 5.97 Å². The van der Waals surface area contributed by atoms with Crippen molar-refractivity contribution in [1.82, 2.24) is 0 Å². The fourth-order valence-corrected chi connectivity index (χ4v) is 0.867. The molecule has 0 aliphatic carbocycles. The predicted octanol–water partition coefficient (Wildman–Crippen LogP) is 1.43. The van der Waals surface area contributed by atoms with Crippen LogP contribution in [0.15, 0.2) is 24.3 Å². The van der Waals surface area contributed by atoms with E-state index in [9.17, 15) is 4.79 Å². The van der Waals surface area contributed by atoms with Crippen LogP contribution < -0.4 is 0 Å². The predicted molar refractivity (Wildman–Crippen MR) is 38.5 cm³/mol. The van der Waals surface area contributed by atoms with Gasteiger partial charge in [0.2, 0.25) is 0 Å². The zero-order valence-corrected chi connectivity index (χ0v) is 5.96. The molecule has 0 saturated heterocycles. The highest BCUT2D eigenvalue weighted by Gasteiger charge is 2.15. The number of hydrogen-bond donors (Lipinski definition) is 0. The van der Waals surface area contributed by atoms with Crippen LogP contribution in [0.2, 0.25) is 0 Å². The summed E-state index contributed by atoms with van der Waals surface area (Å²) in [7, 11) is 0. The zero-order valence-electron chi connectivity index (χ0n) is 5.96. The maximum absolute atomic E-state index is 10.5. The van der Waals surface area contributed by atoms with E-state index in [1.165, 1.54) is 6.08 Å². The zero-order chi connectivity index (χ0) is 7.56. The Morgan fingerprint density at radius 1 is 1.90 bits per heavy atom. The van der Waals surface area contributed by atoms with Gasteiger partial charge >= 0.3 is 5.97 Å². The van der Waals surface area contributed by atoms with Gasteiger partial charge in [-0.15, -0.1) is 0 Å². The topological polar surface area (TPSA) is 26.3 Å². The van der Waals surface area contributed by atoms with Crippen molar-refractivity contribution in [1.29, 1.82) is 0 Å². The standard InChI is InChI=1S/C8H10O2/c1-6(2)5-7-3-4-8(9)10-7/h3-4,7H,1,5H2,2H3. The van der Waals surface area contributed by atoms with E-state index in [4.69, 9.17) is 4.74 Å². The van der Waals surface area contributed by atoms with Gasteiger partial charge in [-0.25, -0.2) is 4.79 Å². The molecule has 1 aliphatic heterocycles. The molecule has 0 N–H and O–H groups in total. The molecule has 0 amide bonds.